The molecule has 1 aliphatic rings. The molecule has 1 saturated heterocycles. The van der Waals surface area contributed by atoms with Crippen molar-refractivity contribution in [1.29, 1.82) is 0 Å². The Labute approximate surface area is 137 Å². The van der Waals surface area contributed by atoms with E-state index >= 15 is 0 Å². The number of benzene rings is 1. The molecule has 0 bridgehead atoms. The monoisotopic (exact) mass is 354 g/mol. The Kier molecular flexibility index (Phi) is 8.39. The van der Waals surface area contributed by atoms with Gasteiger partial charge in [0.05, 0.1) is 0 Å². The van der Waals surface area contributed by atoms with Crippen LogP contribution in [0.5, 0.6) is 0 Å². The van der Waals surface area contributed by atoms with Crippen LogP contribution in [0.1, 0.15) is 6.42 Å². The van der Waals surface area contributed by atoms with E-state index in [1.54, 1.807) is 24.3 Å². The fourth-order valence-electron chi connectivity index (χ4n) is 1.94. The number of anilines is 1. The van der Waals surface area contributed by atoms with Gasteiger partial charge in [0.1, 0.15) is 0 Å². The Bertz CT molecular complexity index is 460. The van der Waals surface area contributed by atoms with Crippen LogP contribution in [-0.2, 0) is 4.79 Å². The van der Waals surface area contributed by atoms with Crippen LogP contribution < -0.4 is 10.6 Å². The van der Waals surface area contributed by atoms with Crippen molar-refractivity contribution < 1.29 is 13.6 Å². The molecule has 1 amide bonds. The predicted octanol–water partition coefficient (Wildman–Crippen LogP) is 3.46. The van der Waals surface area contributed by atoms with Gasteiger partial charge in [-0.15, -0.1) is 12.4 Å². The molecule has 1 aliphatic heterocycles. The zero-order valence-corrected chi connectivity index (χ0v) is 13.6. The Balaban J connectivity index is 0.00000220. The van der Waals surface area contributed by atoms with Crippen molar-refractivity contribution >= 4 is 47.5 Å². The third-order valence-corrected chi connectivity index (χ3v) is 4.61. The summed E-state index contributed by atoms with van der Waals surface area (Å²) < 4.78 is 24.6. The second-order valence-corrected chi connectivity index (χ2v) is 6.60. The number of nitrogens with one attached hydrogen (secondary N) is 2. The number of carbonyl (C=O) groups excluding carboxylic acids is 1. The summed E-state index contributed by atoms with van der Waals surface area (Å²) in [6, 6.07) is 6.72. The van der Waals surface area contributed by atoms with Crippen molar-refractivity contribution in [2.45, 2.75) is 23.1 Å². The lowest BCUT2D eigenvalue weighted by Gasteiger charge is -2.22. The Morgan fingerprint density at radius 1 is 1.52 bits per heavy atom. The lowest BCUT2D eigenvalue weighted by atomic mass is 10.2. The average Bonchev–Trinajstić information content (AvgIpc) is 2.39. The summed E-state index contributed by atoms with van der Waals surface area (Å²) in [5.74, 6) is -0.548. The predicted molar refractivity (Wildman–Crippen MR) is 87.9 cm³/mol. The Hall–Kier alpha value is -0.500. The van der Waals surface area contributed by atoms with Crippen molar-refractivity contribution in [2.75, 3.05) is 23.4 Å². The van der Waals surface area contributed by atoms with Crippen LogP contribution in [0, 0.1) is 0 Å². The van der Waals surface area contributed by atoms with Crippen LogP contribution in [-0.4, -0.2) is 35.8 Å². The number of carbonyl (C=O) groups is 1. The highest BCUT2D eigenvalue weighted by atomic mass is 35.5. The summed E-state index contributed by atoms with van der Waals surface area (Å²) >= 11 is 2.31. The Morgan fingerprint density at radius 2 is 2.33 bits per heavy atom. The largest absolute Gasteiger partial charge is 0.326 e. The molecule has 1 unspecified atom stereocenters. The van der Waals surface area contributed by atoms with Gasteiger partial charge < -0.3 is 10.6 Å². The van der Waals surface area contributed by atoms with Crippen LogP contribution >= 0.6 is 35.9 Å². The van der Waals surface area contributed by atoms with Gasteiger partial charge in [-0.3, -0.25) is 4.79 Å². The van der Waals surface area contributed by atoms with Gasteiger partial charge in [0.25, 0.3) is 5.76 Å². The first-order chi connectivity index (χ1) is 9.63. The van der Waals surface area contributed by atoms with E-state index in [0.717, 1.165) is 18.1 Å². The summed E-state index contributed by atoms with van der Waals surface area (Å²) in [4.78, 5) is 12.3. The molecule has 1 atom stereocenters. The molecular weight excluding hydrogens is 338 g/mol. The van der Waals surface area contributed by atoms with Crippen LogP contribution in [0.2, 0.25) is 0 Å². The van der Waals surface area contributed by atoms with Gasteiger partial charge in [-0.1, -0.05) is 17.8 Å². The van der Waals surface area contributed by atoms with Crippen molar-refractivity contribution in [3.05, 3.63) is 24.3 Å². The van der Waals surface area contributed by atoms with Gasteiger partial charge in [0, 0.05) is 41.1 Å². The third-order valence-electron chi connectivity index (χ3n) is 2.77. The summed E-state index contributed by atoms with van der Waals surface area (Å²) in [7, 11) is 0. The average molecular weight is 355 g/mol. The van der Waals surface area contributed by atoms with Crippen molar-refractivity contribution in [3.63, 3.8) is 0 Å². The summed E-state index contributed by atoms with van der Waals surface area (Å²) in [6.07, 6.45) is 0.402. The maximum Gasteiger partial charge on any atom is 0.288 e. The van der Waals surface area contributed by atoms with Crippen LogP contribution in [0.3, 0.4) is 0 Å². The van der Waals surface area contributed by atoms with E-state index in [1.807, 2.05) is 11.8 Å². The minimum Gasteiger partial charge on any atom is -0.326 e. The van der Waals surface area contributed by atoms with E-state index in [2.05, 4.69) is 10.6 Å². The zero-order chi connectivity index (χ0) is 14.4. The number of rotatable bonds is 5. The molecule has 0 aromatic heterocycles. The lowest BCUT2D eigenvalue weighted by molar-refractivity contribution is -0.116. The van der Waals surface area contributed by atoms with Gasteiger partial charge in [-0.25, -0.2) is 0 Å². The Morgan fingerprint density at radius 3 is 3.00 bits per heavy atom. The molecule has 0 saturated carbocycles. The molecule has 2 rings (SSSR count). The molecule has 118 valence electrons. The topological polar surface area (TPSA) is 41.1 Å². The molecule has 1 heterocycles. The normalized spacial score (nSPS) is 18.1. The zero-order valence-electron chi connectivity index (χ0n) is 11.2. The lowest BCUT2D eigenvalue weighted by Crippen LogP contribution is -2.39. The van der Waals surface area contributed by atoms with E-state index in [9.17, 15) is 13.6 Å². The maximum absolute atomic E-state index is 12.3. The van der Waals surface area contributed by atoms with Gasteiger partial charge in [0.2, 0.25) is 5.91 Å². The van der Waals surface area contributed by atoms with Gasteiger partial charge in [-0.2, -0.15) is 20.5 Å². The second kappa shape index (κ2) is 9.50. The maximum atomic E-state index is 12.3. The molecule has 2 N–H and O–H groups in total. The summed E-state index contributed by atoms with van der Waals surface area (Å²) in [5.41, 5.74) is 0.559. The molecule has 3 nitrogen and oxygen atoms in total. The molecular formula is C13H17ClF2N2OS2. The van der Waals surface area contributed by atoms with E-state index in [-0.39, 0.29) is 24.4 Å². The summed E-state index contributed by atoms with van der Waals surface area (Å²) in [5, 5.41) is 6.04. The van der Waals surface area contributed by atoms with E-state index < -0.39 is 5.76 Å². The van der Waals surface area contributed by atoms with Gasteiger partial charge in [0.15, 0.2) is 0 Å². The molecule has 0 radical (unpaired) electrons. The number of thioether (sulfide) groups is 2. The van der Waals surface area contributed by atoms with Crippen molar-refractivity contribution in [1.82, 2.24) is 5.32 Å². The standard InChI is InChI=1S/C13H16F2N2OS2.ClH/c14-13(15)20-11-3-1-2-9(6-11)17-12(18)7-10-8-19-5-4-16-10;/h1-3,6,10,13,16H,4-5,7-8H2,(H,17,18);1H. The molecule has 21 heavy (non-hydrogen) atoms. The molecule has 0 aliphatic carbocycles. The van der Waals surface area contributed by atoms with E-state index in [4.69, 9.17) is 0 Å². The fraction of sp³-hybridized carbons (Fsp3) is 0.462. The number of alkyl halides is 2. The first kappa shape index (κ1) is 18.5. The number of hydrogen-bond donors (Lipinski definition) is 2. The second-order valence-electron chi connectivity index (χ2n) is 4.38. The highest BCUT2D eigenvalue weighted by Crippen LogP contribution is 2.27. The first-order valence-electron chi connectivity index (χ1n) is 6.29. The fourth-order valence-corrected chi connectivity index (χ4v) is 3.44. The van der Waals surface area contributed by atoms with Crippen molar-refractivity contribution in [3.8, 4) is 0 Å². The minimum absolute atomic E-state index is 0. The molecule has 1 aromatic carbocycles. The van der Waals surface area contributed by atoms with E-state index in [1.165, 1.54) is 0 Å². The van der Waals surface area contributed by atoms with E-state index in [0.29, 0.717) is 28.8 Å². The number of halogens is 3. The number of hydrogen-bond acceptors (Lipinski definition) is 4. The van der Waals surface area contributed by atoms with Crippen LogP contribution in [0.25, 0.3) is 0 Å². The minimum atomic E-state index is -2.45. The quantitative estimate of drug-likeness (QED) is 0.795. The molecule has 1 aromatic rings. The van der Waals surface area contributed by atoms with Crippen LogP contribution in [0.15, 0.2) is 29.2 Å². The summed E-state index contributed by atoms with van der Waals surface area (Å²) in [6.45, 7) is 0.920. The SMILES string of the molecule is Cl.O=C(CC1CSCCN1)Nc1cccc(SC(F)F)c1. The van der Waals surface area contributed by atoms with Gasteiger partial charge in [-0.05, 0) is 18.2 Å². The van der Waals surface area contributed by atoms with Crippen molar-refractivity contribution in [2.24, 2.45) is 0 Å². The van der Waals surface area contributed by atoms with Crippen LogP contribution in [0.4, 0.5) is 14.5 Å². The highest BCUT2D eigenvalue weighted by molar-refractivity contribution is 7.99. The smallest absolute Gasteiger partial charge is 0.288 e. The molecule has 0 spiro atoms. The van der Waals surface area contributed by atoms with Gasteiger partial charge >= 0.3 is 0 Å². The highest BCUT2D eigenvalue weighted by Gasteiger charge is 2.16. The number of amides is 1. The molecule has 1 fully saturated rings. The first-order valence-corrected chi connectivity index (χ1v) is 8.33. The molecule has 8 heteroatoms. The third kappa shape index (κ3) is 6.86.